The van der Waals surface area contributed by atoms with Gasteiger partial charge in [-0.25, -0.2) is 4.68 Å². The average Bonchev–Trinajstić information content (AvgIpc) is 2.41. The fourth-order valence-electron chi connectivity index (χ4n) is 2.26. The molecule has 0 amide bonds. The van der Waals surface area contributed by atoms with Crippen LogP contribution in [0.1, 0.15) is 25.7 Å². The van der Waals surface area contributed by atoms with Gasteiger partial charge in [0.15, 0.2) is 0 Å². The van der Waals surface area contributed by atoms with Gasteiger partial charge >= 0.3 is 0 Å². The van der Waals surface area contributed by atoms with Crippen molar-refractivity contribution in [2.75, 3.05) is 11.9 Å². The third-order valence-corrected chi connectivity index (χ3v) is 4.12. The van der Waals surface area contributed by atoms with Crippen LogP contribution in [0.25, 0.3) is 0 Å². The zero-order valence-electron chi connectivity index (χ0n) is 10.5. The van der Waals surface area contributed by atoms with E-state index in [2.05, 4.69) is 26.3 Å². The number of aliphatic hydroxyl groups excluding tert-OH is 2. The fraction of sp³-hybridized carbons (Fsp3) is 0.667. The van der Waals surface area contributed by atoms with Gasteiger partial charge in [0.25, 0.3) is 5.56 Å². The van der Waals surface area contributed by atoms with Crippen molar-refractivity contribution in [3.63, 3.8) is 0 Å². The molecule has 1 aliphatic rings. The fourth-order valence-corrected chi connectivity index (χ4v) is 2.68. The second kappa shape index (κ2) is 6.49. The number of halogens is 1. The first-order valence-electron chi connectivity index (χ1n) is 6.43. The Morgan fingerprint density at radius 1 is 1.42 bits per heavy atom. The minimum Gasteiger partial charge on any atom is -0.394 e. The van der Waals surface area contributed by atoms with Gasteiger partial charge in [0.2, 0.25) is 0 Å². The molecule has 106 valence electrons. The highest BCUT2D eigenvalue weighted by Crippen LogP contribution is 2.24. The molecule has 0 bridgehead atoms. The minimum atomic E-state index is -0.255. The highest BCUT2D eigenvalue weighted by Gasteiger charge is 2.20. The van der Waals surface area contributed by atoms with Gasteiger partial charge in [-0.3, -0.25) is 4.79 Å². The first-order chi connectivity index (χ1) is 9.11. The maximum atomic E-state index is 11.9. The number of nitrogens with zero attached hydrogens (tertiary/aromatic N) is 2. The Morgan fingerprint density at radius 3 is 2.74 bits per heavy atom. The lowest BCUT2D eigenvalue weighted by molar-refractivity contribution is 0.126. The van der Waals surface area contributed by atoms with E-state index in [-0.39, 0.29) is 30.9 Å². The molecule has 7 heteroatoms. The molecule has 1 aromatic rings. The van der Waals surface area contributed by atoms with Gasteiger partial charge in [-0.15, -0.1) is 0 Å². The number of hydrogen-bond donors (Lipinski definition) is 3. The van der Waals surface area contributed by atoms with Crippen LogP contribution in [0.4, 0.5) is 5.69 Å². The molecule has 2 rings (SSSR count). The van der Waals surface area contributed by atoms with Crippen LogP contribution in [0, 0.1) is 0 Å². The van der Waals surface area contributed by atoms with Gasteiger partial charge in [-0.05, 0) is 41.6 Å². The Kier molecular flexibility index (Phi) is 4.95. The topological polar surface area (TPSA) is 87.4 Å². The van der Waals surface area contributed by atoms with Crippen LogP contribution >= 0.6 is 15.9 Å². The van der Waals surface area contributed by atoms with E-state index in [4.69, 9.17) is 5.11 Å². The molecule has 1 aliphatic carbocycles. The van der Waals surface area contributed by atoms with Gasteiger partial charge in [0, 0.05) is 6.04 Å². The van der Waals surface area contributed by atoms with Gasteiger partial charge in [-0.1, -0.05) is 0 Å². The quantitative estimate of drug-likeness (QED) is 0.756. The van der Waals surface area contributed by atoms with Crippen molar-refractivity contribution in [3.05, 3.63) is 21.0 Å². The van der Waals surface area contributed by atoms with Gasteiger partial charge in [0.1, 0.15) is 4.47 Å². The largest absolute Gasteiger partial charge is 0.394 e. The van der Waals surface area contributed by atoms with Crippen LogP contribution in [0.3, 0.4) is 0 Å². The second-order valence-corrected chi connectivity index (χ2v) is 5.57. The van der Waals surface area contributed by atoms with Gasteiger partial charge < -0.3 is 15.5 Å². The van der Waals surface area contributed by atoms with E-state index < -0.39 is 0 Å². The van der Waals surface area contributed by atoms with Crippen LogP contribution in [0.5, 0.6) is 0 Å². The lowest BCUT2D eigenvalue weighted by atomic mass is 9.93. The second-order valence-electron chi connectivity index (χ2n) is 4.77. The summed E-state index contributed by atoms with van der Waals surface area (Å²) in [7, 11) is 0. The molecule has 6 nitrogen and oxygen atoms in total. The average molecular weight is 332 g/mol. The predicted molar refractivity (Wildman–Crippen MR) is 75.2 cm³/mol. The zero-order valence-corrected chi connectivity index (χ0v) is 12.1. The monoisotopic (exact) mass is 331 g/mol. The lowest BCUT2D eigenvalue weighted by Crippen LogP contribution is -2.31. The molecular formula is C12H18BrN3O3. The Balaban J connectivity index is 2.09. The van der Waals surface area contributed by atoms with Crippen molar-refractivity contribution < 1.29 is 10.2 Å². The summed E-state index contributed by atoms with van der Waals surface area (Å²) in [6.45, 7) is 0.0694. The van der Waals surface area contributed by atoms with Crippen LogP contribution < -0.4 is 10.9 Å². The van der Waals surface area contributed by atoms with E-state index in [1.165, 1.54) is 4.68 Å². The molecule has 0 aromatic carbocycles. The highest BCUT2D eigenvalue weighted by atomic mass is 79.9. The molecule has 0 spiro atoms. The SMILES string of the molecule is O=c1c(Br)c(NC2CCC(O)CC2)cnn1CCO. The highest BCUT2D eigenvalue weighted by molar-refractivity contribution is 9.10. The Bertz CT molecular complexity index is 484. The maximum Gasteiger partial charge on any atom is 0.283 e. The van der Waals surface area contributed by atoms with Crippen molar-refractivity contribution >= 4 is 21.6 Å². The van der Waals surface area contributed by atoms with Crippen molar-refractivity contribution in [1.82, 2.24) is 9.78 Å². The van der Waals surface area contributed by atoms with Crippen LogP contribution in [0.15, 0.2) is 15.5 Å². The van der Waals surface area contributed by atoms with E-state index in [1.807, 2.05) is 0 Å². The molecule has 0 aliphatic heterocycles. The first-order valence-corrected chi connectivity index (χ1v) is 7.22. The van der Waals surface area contributed by atoms with Crippen LogP contribution in [-0.2, 0) is 6.54 Å². The molecule has 0 atom stereocenters. The van der Waals surface area contributed by atoms with E-state index in [0.29, 0.717) is 10.2 Å². The van der Waals surface area contributed by atoms with Crippen molar-refractivity contribution in [3.8, 4) is 0 Å². The Morgan fingerprint density at radius 2 is 2.11 bits per heavy atom. The summed E-state index contributed by atoms with van der Waals surface area (Å²) < 4.78 is 1.65. The minimum absolute atomic E-state index is 0.118. The molecule has 0 saturated heterocycles. The van der Waals surface area contributed by atoms with E-state index in [0.717, 1.165) is 25.7 Å². The Hall–Kier alpha value is -0.920. The summed E-state index contributed by atoms with van der Waals surface area (Å²) >= 11 is 3.27. The van der Waals surface area contributed by atoms with Crippen molar-refractivity contribution in [2.24, 2.45) is 0 Å². The number of nitrogens with one attached hydrogen (secondary N) is 1. The third kappa shape index (κ3) is 3.55. The predicted octanol–water partition coefficient (Wildman–Crippen LogP) is 0.713. The molecule has 1 heterocycles. The van der Waals surface area contributed by atoms with Gasteiger partial charge in [-0.2, -0.15) is 5.10 Å². The van der Waals surface area contributed by atoms with Crippen molar-refractivity contribution in [1.29, 1.82) is 0 Å². The third-order valence-electron chi connectivity index (χ3n) is 3.35. The zero-order chi connectivity index (χ0) is 13.8. The normalized spacial score (nSPS) is 23.3. The molecule has 3 N–H and O–H groups in total. The summed E-state index contributed by atoms with van der Waals surface area (Å²) in [6, 6.07) is 0.259. The molecule has 19 heavy (non-hydrogen) atoms. The summed E-state index contributed by atoms with van der Waals surface area (Å²) in [5.74, 6) is 0. The molecular weight excluding hydrogens is 314 g/mol. The number of hydrogen-bond acceptors (Lipinski definition) is 5. The standard InChI is InChI=1S/C12H18BrN3O3/c13-11-10(7-14-16(5-6-17)12(11)19)15-8-1-3-9(18)4-2-8/h7-9,15,17-18H,1-6H2. The first kappa shape index (κ1) is 14.5. The van der Waals surface area contributed by atoms with Crippen LogP contribution in [0.2, 0.25) is 0 Å². The maximum absolute atomic E-state index is 11.9. The number of anilines is 1. The number of aliphatic hydroxyl groups is 2. The summed E-state index contributed by atoms with van der Waals surface area (Å²) in [5, 5.41) is 25.6. The lowest BCUT2D eigenvalue weighted by Gasteiger charge is -2.27. The van der Waals surface area contributed by atoms with E-state index in [1.54, 1.807) is 6.20 Å². The molecule has 0 unspecified atom stereocenters. The summed E-state index contributed by atoms with van der Waals surface area (Å²) in [4.78, 5) is 11.9. The smallest absolute Gasteiger partial charge is 0.283 e. The van der Waals surface area contributed by atoms with Gasteiger partial charge in [0.05, 0.1) is 31.1 Å². The van der Waals surface area contributed by atoms with Crippen molar-refractivity contribution in [2.45, 2.75) is 44.4 Å². The number of aromatic nitrogens is 2. The summed E-state index contributed by atoms with van der Waals surface area (Å²) in [5.41, 5.74) is 0.412. The molecule has 0 radical (unpaired) electrons. The molecule has 1 saturated carbocycles. The summed E-state index contributed by atoms with van der Waals surface area (Å²) in [6.07, 6.45) is 4.72. The van der Waals surface area contributed by atoms with E-state index in [9.17, 15) is 9.90 Å². The molecule has 1 fully saturated rings. The molecule has 1 aromatic heterocycles. The number of rotatable bonds is 4. The van der Waals surface area contributed by atoms with Crippen LogP contribution in [-0.4, -0.2) is 38.7 Å². The Labute approximate surface area is 119 Å². The van der Waals surface area contributed by atoms with E-state index >= 15 is 0 Å².